The number of alkyl halides is 1. The number of hydrogen-bond donors (Lipinski definition) is 0. The first-order chi connectivity index (χ1) is 8.72. The van der Waals surface area contributed by atoms with Crippen LogP contribution < -0.4 is 0 Å². The Morgan fingerprint density at radius 3 is 2.78 bits per heavy atom. The fourth-order valence-electron chi connectivity index (χ4n) is 2.03. The summed E-state index contributed by atoms with van der Waals surface area (Å²) in [4.78, 5) is 10.3. The lowest BCUT2D eigenvalue weighted by atomic mass is 10.2. The molecule has 0 saturated carbocycles. The Morgan fingerprint density at radius 2 is 2.06 bits per heavy atom. The third kappa shape index (κ3) is 2.67. The number of halogens is 1. The standard InChI is InChI=1S/C13H15FN2O2/c14-7-2-1-3-8-15-9-6-11-4-5-12(16(17)18)10-13(11)15/h4-6,9-10H,1-3,7-8H2. The van der Waals surface area contributed by atoms with Gasteiger partial charge in [-0.05, 0) is 31.4 Å². The molecule has 0 aliphatic carbocycles. The van der Waals surface area contributed by atoms with Gasteiger partial charge in [0, 0.05) is 30.3 Å². The Labute approximate surface area is 104 Å². The van der Waals surface area contributed by atoms with Gasteiger partial charge in [-0.3, -0.25) is 14.5 Å². The van der Waals surface area contributed by atoms with Gasteiger partial charge >= 0.3 is 0 Å². The van der Waals surface area contributed by atoms with Gasteiger partial charge in [-0.25, -0.2) is 0 Å². The van der Waals surface area contributed by atoms with E-state index < -0.39 is 0 Å². The maximum absolute atomic E-state index is 12.0. The molecule has 0 aliphatic heterocycles. The molecule has 0 amide bonds. The zero-order valence-corrected chi connectivity index (χ0v) is 10.0. The fourth-order valence-corrected chi connectivity index (χ4v) is 2.03. The normalized spacial score (nSPS) is 10.9. The molecule has 0 fully saturated rings. The van der Waals surface area contributed by atoms with Crippen molar-refractivity contribution < 1.29 is 9.31 Å². The summed E-state index contributed by atoms with van der Waals surface area (Å²) in [7, 11) is 0. The van der Waals surface area contributed by atoms with Crippen LogP contribution in [0.5, 0.6) is 0 Å². The van der Waals surface area contributed by atoms with E-state index in [1.165, 1.54) is 6.07 Å². The lowest BCUT2D eigenvalue weighted by Gasteiger charge is -2.04. The summed E-state index contributed by atoms with van der Waals surface area (Å²) < 4.78 is 14.0. The highest BCUT2D eigenvalue weighted by atomic mass is 19.1. The molecule has 2 aromatic rings. The average Bonchev–Trinajstić information content (AvgIpc) is 2.77. The predicted octanol–water partition coefficient (Wildman–Crippen LogP) is 3.69. The van der Waals surface area contributed by atoms with Crippen molar-refractivity contribution in [3.05, 3.63) is 40.6 Å². The molecule has 2 rings (SSSR count). The average molecular weight is 250 g/mol. The number of nitro groups is 1. The number of non-ortho nitro benzene ring substituents is 1. The number of hydrogen-bond acceptors (Lipinski definition) is 2. The summed E-state index contributed by atoms with van der Waals surface area (Å²) in [5.41, 5.74) is 0.968. The molecule has 18 heavy (non-hydrogen) atoms. The summed E-state index contributed by atoms with van der Waals surface area (Å²) >= 11 is 0. The molecule has 0 spiro atoms. The van der Waals surface area contributed by atoms with Gasteiger partial charge in [0.1, 0.15) is 0 Å². The smallest absolute Gasteiger partial charge is 0.271 e. The van der Waals surface area contributed by atoms with E-state index in [4.69, 9.17) is 0 Å². The third-order valence-electron chi connectivity index (χ3n) is 3.00. The summed E-state index contributed by atoms with van der Waals surface area (Å²) in [6.07, 6.45) is 4.23. The highest BCUT2D eigenvalue weighted by molar-refractivity contribution is 5.82. The molecule has 96 valence electrons. The van der Waals surface area contributed by atoms with Gasteiger partial charge in [0.25, 0.3) is 5.69 Å². The van der Waals surface area contributed by atoms with E-state index in [2.05, 4.69) is 0 Å². The van der Waals surface area contributed by atoms with E-state index in [0.717, 1.165) is 30.3 Å². The van der Waals surface area contributed by atoms with E-state index in [-0.39, 0.29) is 17.3 Å². The molecule has 0 aliphatic rings. The number of rotatable bonds is 6. The Bertz CT molecular complexity index is 551. The van der Waals surface area contributed by atoms with Crippen molar-refractivity contribution >= 4 is 16.6 Å². The number of nitro benzene ring substituents is 1. The zero-order valence-electron chi connectivity index (χ0n) is 10.0. The molecule has 0 unspecified atom stereocenters. The maximum atomic E-state index is 12.0. The number of fused-ring (bicyclic) bond motifs is 1. The maximum Gasteiger partial charge on any atom is 0.271 e. The minimum Gasteiger partial charge on any atom is -0.347 e. The van der Waals surface area contributed by atoms with E-state index in [1.54, 1.807) is 12.1 Å². The Hall–Kier alpha value is -1.91. The van der Waals surface area contributed by atoms with E-state index in [0.29, 0.717) is 6.42 Å². The van der Waals surface area contributed by atoms with Crippen LogP contribution in [0.25, 0.3) is 10.9 Å². The van der Waals surface area contributed by atoms with Crippen molar-refractivity contribution in [2.24, 2.45) is 0 Å². The topological polar surface area (TPSA) is 48.1 Å². The van der Waals surface area contributed by atoms with Crippen LogP contribution in [0.2, 0.25) is 0 Å². The number of aryl methyl sites for hydroxylation is 1. The number of unbranched alkanes of at least 4 members (excludes halogenated alkanes) is 2. The molecule has 5 heteroatoms. The monoisotopic (exact) mass is 250 g/mol. The van der Waals surface area contributed by atoms with Gasteiger partial charge < -0.3 is 4.57 Å². The van der Waals surface area contributed by atoms with Gasteiger partial charge in [-0.2, -0.15) is 0 Å². The van der Waals surface area contributed by atoms with Crippen molar-refractivity contribution in [2.45, 2.75) is 25.8 Å². The van der Waals surface area contributed by atoms with Crippen LogP contribution in [-0.2, 0) is 6.54 Å². The molecule has 0 radical (unpaired) electrons. The fraction of sp³-hybridized carbons (Fsp3) is 0.385. The lowest BCUT2D eigenvalue weighted by Crippen LogP contribution is -1.97. The van der Waals surface area contributed by atoms with Crippen LogP contribution in [0.3, 0.4) is 0 Å². The first kappa shape index (κ1) is 12.5. The van der Waals surface area contributed by atoms with Crippen LogP contribution in [0, 0.1) is 10.1 Å². The Kier molecular flexibility index (Phi) is 3.92. The zero-order chi connectivity index (χ0) is 13.0. The van der Waals surface area contributed by atoms with E-state index >= 15 is 0 Å². The molecule has 0 bridgehead atoms. The molecule has 0 atom stereocenters. The second kappa shape index (κ2) is 5.62. The third-order valence-corrected chi connectivity index (χ3v) is 3.00. The highest BCUT2D eigenvalue weighted by Crippen LogP contribution is 2.22. The molecule has 1 heterocycles. The molecule has 1 aromatic carbocycles. The predicted molar refractivity (Wildman–Crippen MR) is 68.4 cm³/mol. The summed E-state index contributed by atoms with van der Waals surface area (Å²) in [6.45, 7) is 0.489. The quantitative estimate of drug-likeness (QED) is 0.446. The largest absolute Gasteiger partial charge is 0.347 e. The van der Waals surface area contributed by atoms with Crippen LogP contribution in [-0.4, -0.2) is 16.2 Å². The Morgan fingerprint density at radius 1 is 1.22 bits per heavy atom. The molecule has 1 aromatic heterocycles. The van der Waals surface area contributed by atoms with Crippen molar-refractivity contribution in [3.8, 4) is 0 Å². The number of aromatic nitrogens is 1. The number of benzene rings is 1. The minimum atomic E-state index is -0.389. The van der Waals surface area contributed by atoms with Crippen LogP contribution in [0.4, 0.5) is 10.1 Å². The summed E-state index contributed by atoms with van der Waals surface area (Å²) in [5.74, 6) is 0. The van der Waals surface area contributed by atoms with Crippen molar-refractivity contribution in [3.63, 3.8) is 0 Å². The molecular weight excluding hydrogens is 235 g/mol. The van der Waals surface area contributed by atoms with Gasteiger partial charge in [-0.1, -0.05) is 0 Å². The van der Waals surface area contributed by atoms with Gasteiger partial charge in [-0.15, -0.1) is 0 Å². The summed E-state index contributed by atoms with van der Waals surface area (Å²) in [6, 6.07) is 6.79. The summed E-state index contributed by atoms with van der Waals surface area (Å²) in [5, 5.41) is 11.7. The second-order valence-corrected chi connectivity index (χ2v) is 4.26. The van der Waals surface area contributed by atoms with Gasteiger partial charge in [0.05, 0.1) is 17.1 Å². The van der Waals surface area contributed by atoms with Crippen LogP contribution in [0.1, 0.15) is 19.3 Å². The van der Waals surface area contributed by atoms with Crippen molar-refractivity contribution in [2.75, 3.05) is 6.67 Å². The van der Waals surface area contributed by atoms with Gasteiger partial charge in [0.15, 0.2) is 0 Å². The first-order valence-corrected chi connectivity index (χ1v) is 6.01. The van der Waals surface area contributed by atoms with E-state index in [9.17, 15) is 14.5 Å². The second-order valence-electron chi connectivity index (χ2n) is 4.26. The van der Waals surface area contributed by atoms with E-state index in [1.807, 2.05) is 16.8 Å². The highest BCUT2D eigenvalue weighted by Gasteiger charge is 2.08. The number of nitrogens with zero attached hydrogens (tertiary/aromatic N) is 2. The SMILES string of the molecule is O=[N+]([O-])c1ccc2ccn(CCCCCF)c2c1. The molecule has 0 N–H and O–H groups in total. The molecule has 4 nitrogen and oxygen atoms in total. The van der Waals surface area contributed by atoms with Gasteiger partial charge in [0.2, 0.25) is 0 Å². The van der Waals surface area contributed by atoms with Crippen molar-refractivity contribution in [1.82, 2.24) is 4.57 Å². The lowest BCUT2D eigenvalue weighted by molar-refractivity contribution is -0.384. The molecule has 0 saturated heterocycles. The molecular formula is C13H15FN2O2. The van der Waals surface area contributed by atoms with Crippen molar-refractivity contribution in [1.29, 1.82) is 0 Å². The van der Waals surface area contributed by atoms with Crippen LogP contribution >= 0.6 is 0 Å². The van der Waals surface area contributed by atoms with Crippen LogP contribution in [0.15, 0.2) is 30.5 Å². The minimum absolute atomic E-state index is 0.103. The first-order valence-electron chi connectivity index (χ1n) is 6.01. The Balaban J connectivity index is 2.17.